The van der Waals surface area contributed by atoms with E-state index in [-0.39, 0.29) is 11.7 Å². The average Bonchev–Trinajstić information content (AvgIpc) is 2.81. The third kappa shape index (κ3) is 2.69. The van der Waals surface area contributed by atoms with E-state index in [9.17, 15) is 9.18 Å². The van der Waals surface area contributed by atoms with Gasteiger partial charge in [-0.3, -0.25) is 9.48 Å². The molecule has 88 valence electrons. The van der Waals surface area contributed by atoms with Gasteiger partial charge >= 0.3 is 0 Å². The van der Waals surface area contributed by atoms with Crippen molar-refractivity contribution in [1.29, 1.82) is 0 Å². The van der Waals surface area contributed by atoms with Crippen LogP contribution in [0.1, 0.15) is 13.0 Å². The Morgan fingerprint density at radius 2 is 2.29 bits per heavy atom. The molecule has 0 aliphatic heterocycles. The zero-order chi connectivity index (χ0) is 12.3. The van der Waals surface area contributed by atoms with Crippen LogP contribution in [0.5, 0.6) is 0 Å². The van der Waals surface area contributed by atoms with Crippen molar-refractivity contribution >= 4 is 11.6 Å². The number of benzene rings is 1. The van der Waals surface area contributed by atoms with Crippen molar-refractivity contribution in [3.63, 3.8) is 0 Å². The van der Waals surface area contributed by atoms with Gasteiger partial charge < -0.3 is 5.32 Å². The van der Waals surface area contributed by atoms with Gasteiger partial charge in [0.1, 0.15) is 11.9 Å². The van der Waals surface area contributed by atoms with Gasteiger partial charge in [-0.2, -0.15) is 5.10 Å². The smallest absolute Gasteiger partial charge is 0.248 e. The first-order valence-electron chi connectivity index (χ1n) is 5.22. The predicted molar refractivity (Wildman–Crippen MR) is 62.0 cm³/mol. The Kier molecular flexibility index (Phi) is 3.18. The van der Waals surface area contributed by atoms with Crippen molar-refractivity contribution in [3.05, 3.63) is 48.5 Å². The second-order valence-electron chi connectivity index (χ2n) is 3.66. The normalized spacial score (nSPS) is 12.1. The third-order valence-corrected chi connectivity index (χ3v) is 2.39. The Hall–Kier alpha value is -2.17. The fourth-order valence-electron chi connectivity index (χ4n) is 1.44. The van der Waals surface area contributed by atoms with Crippen molar-refractivity contribution < 1.29 is 9.18 Å². The zero-order valence-corrected chi connectivity index (χ0v) is 9.30. The highest BCUT2D eigenvalue weighted by molar-refractivity contribution is 5.93. The minimum Gasteiger partial charge on any atom is -0.324 e. The molecule has 0 aliphatic rings. The van der Waals surface area contributed by atoms with E-state index in [0.717, 1.165) is 0 Å². The molecule has 0 fully saturated rings. The predicted octanol–water partition coefficient (Wildman–Crippen LogP) is 2.22. The summed E-state index contributed by atoms with van der Waals surface area (Å²) in [5.74, 6) is -0.617. The van der Waals surface area contributed by atoms with E-state index in [1.54, 1.807) is 37.5 Å². The van der Waals surface area contributed by atoms with Crippen LogP contribution in [0.25, 0.3) is 0 Å². The third-order valence-electron chi connectivity index (χ3n) is 2.39. The molecule has 1 atom stereocenters. The number of carbonyl (C=O) groups is 1. The molecular formula is C12H12FN3O. The molecule has 1 unspecified atom stereocenters. The fourth-order valence-corrected chi connectivity index (χ4v) is 1.44. The van der Waals surface area contributed by atoms with Crippen LogP contribution >= 0.6 is 0 Å². The topological polar surface area (TPSA) is 46.9 Å². The lowest BCUT2D eigenvalue weighted by Gasteiger charge is -2.12. The summed E-state index contributed by atoms with van der Waals surface area (Å²) in [4.78, 5) is 11.8. The van der Waals surface area contributed by atoms with E-state index in [2.05, 4.69) is 10.4 Å². The number of nitrogens with one attached hydrogen (secondary N) is 1. The first kappa shape index (κ1) is 11.3. The summed E-state index contributed by atoms with van der Waals surface area (Å²) in [6.07, 6.45) is 3.31. The number of amides is 1. The van der Waals surface area contributed by atoms with Gasteiger partial charge in [0, 0.05) is 18.1 Å². The van der Waals surface area contributed by atoms with Crippen molar-refractivity contribution in [3.8, 4) is 0 Å². The van der Waals surface area contributed by atoms with E-state index in [1.807, 2.05) is 0 Å². The van der Waals surface area contributed by atoms with Gasteiger partial charge in [0.05, 0.1) is 0 Å². The molecule has 0 bridgehead atoms. The molecule has 2 aromatic rings. The van der Waals surface area contributed by atoms with Crippen LogP contribution in [0.3, 0.4) is 0 Å². The first-order valence-corrected chi connectivity index (χ1v) is 5.22. The SMILES string of the molecule is CC(C(=O)Nc1cccc(F)c1)n1cccn1. The molecule has 4 nitrogen and oxygen atoms in total. The standard InChI is InChI=1S/C12H12FN3O/c1-9(16-7-3-6-14-16)12(17)15-11-5-2-4-10(13)8-11/h2-9H,1H3,(H,15,17). The number of hydrogen-bond donors (Lipinski definition) is 1. The van der Waals surface area contributed by atoms with Gasteiger partial charge in [-0.15, -0.1) is 0 Å². The number of carbonyl (C=O) groups excluding carboxylic acids is 1. The maximum atomic E-state index is 12.9. The Balaban J connectivity index is 2.07. The summed E-state index contributed by atoms with van der Waals surface area (Å²) in [7, 11) is 0. The highest BCUT2D eigenvalue weighted by Gasteiger charge is 2.14. The van der Waals surface area contributed by atoms with Crippen LogP contribution in [0.2, 0.25) is 0 Å². The van der Waals surface area contributed by atoms with Crippen LogP contribution in [-0.2, 0) is 4.79 Å². The molecular weight excluding hydrogens is 221 g/mol. The van der Waals surface area contributed by atoms with Crippen molar-refractivity contribution in [1.82, 2.24) is 9.78 Å². The summed E-state index contributed by atoms with van der Waals surface area (Å²) >= 11 is 0. The molecule has 1 amide bonds. The first-order chi connectivity index (χ1) is 8.16. The van der Waals surface area contributed by atoms with Gasteiger partial charge in [-0.05, 0) is 31.2 Å². The average molecular weight is 233 g/mol. The van der Waals surface area contributed by atoms with Gasteiger partial charge in [-0.25, -0.2) is 4.39 Å². The molecule has 1 aromatic heterocycles. The lowest BCUT2D eigenvalue weighted by atomic mass is 10.2. The molecule has 2 rings (SSSR count). The number of hydrogen-bond acceptors (Lipinski definition) is 2. The molecule has 1 aromatic carbocycles. The largest absolute Gasteiger partial charge is 0.324 e. The fraction of sp³-hybridized carbons (Fsp3) is 0.167. The molecule has 0 spiro atoms. The van der Waals surface area contributed by atoms with E-state index < -0.39 is 6.04 Å². The number of aromatic nitrogens is 2. The maximum absolute atomic E-state index is 12.9. The lowest BCUT2D eigenvalue weighted by Crippen LogP contribution is -2.23. The van der Waals surface area contributed by atoms with Crippen LogP contribution in [-0.4, -0.2) is 15.7 Å². The van der Waals surface area contributed by atoms with Crippen LogP contribution in [0.4, 0.5) is 10.1 Å². The Morgan fingerprint density at radius 1 is 1.47 bits per heavy atom. The second-order valence-corrected chi connectivity index (χ2v) is 3.66. The maximum Gasteiger partial charge on any atom is 0.248 e. The number of anilines is 1. The van der Waals surface area contributed by atoms with Gasteiger partial charge in [0.2, 0.25) is 5.91 Å². The van der Waals surface area contributed by atoms with Crippen molar-refractivity contribution in [2.45, 2.75) is 13.0 Å². The molecule has 1 N–H and O–H groups in total. The van der Waals surface area contributed by atoms with Gasteiger partial charge in [-0.1, -0.05) is 6.07 Å². The monoisotopic (exact) mass is 233 g/mol. The molecule has 1 heterocycles. The number of halogens is 1. The van der Waals surface area contributed by atoms with E-state index in [1.165, 1.54) is 16.8 Å². The minimum atomic E-state index is -0.437. The summed E-state index contributed by atoms with van der Waals surface area (Å²) in [5.41, 5.74) is 0.439. The molecule has 17 heavy (non-hydrogen) atoms. The highest BCUT2D eigenvalue weighted by Crippen LogP contribution is 2.12. The zero-order valence-electron chi connectivity index (χ0n) is 9.30. The molecule has 0 radical (unpaired) electrons. The van der Waals surface area contributed by atoms with E-state index >= 15 is 0 Å². The Morgan fingerprint density at radius 3 is 2.94 bits per heavy atom. The highest BCUT2D eigenvalue weighted by atomic mass is 19.1. The van der Waals surface area contributed by atoms with Gasteiger partial charge in [0.15, 0.2) is 0 Å². The minimum absolute atomic E-state index is 0.237. The quantitative estimate of drug-likeness (QED) is 0.883. The summed E-state index contributed by atoms with van der Waals surface area (Å²) in [6, 6.07) is 7.08. The number of nitrogens with zero attached hydrogens (tertiary/aromatic N) is 2. The van der Waals surface area contributed by atoms with Crippen LogP contribution in [0.15, 0.2) is 42.7 Å². The van der Waals surface area contributed by atoms with Crippen molar-refractivity contribution in [2.24, 2.45) is 0 Å². The lowest BCUT2D eigenvalue weighted by molar-refractivity contribution is -0.119. The molecule has 0 aliphatic carbocycles. The van der Waals surface area contributed by atoms with E-state index in [0.29, 0.717) is 5.69 Å². The van der Waals surface area contributed by atoms with E-state index in [4.69, 9.17) is 0 Å². The second kappa shape index (κ2) is 4.78. The number of rotatable bonds is 3. The molecule has 5 heteroatoms. The van der Waals surface area contributed by atoms with Crippen LogP contribution < -0.4 is 5.32 Å². The molecule has 0 saturated heterocycles. The summed E-state index contributed by atoms with van der Waals surface area (Å²) in [5, 5.41) is 6.61. The van der Waals surface area contributed by atoms with Gasteiger partial charge in [0.25, 0.3) is 0 Å². The Labute approximate surface area is 98.1 Å². The molecule has 0 saturated carbocycles. The summed E-state index contributed by atoms with van der Waals surface area (Å²) in [6.45, 7) is 1.72. The van der Waals surface area contributed by atoms with Crippen LogP contribution in [0, 0.1) is 5.82 Å². The van der Waals surface area contributed by atoms with Crippen molar-refractivity contribution in [2.75, 3.05) is 5.32 Å². The summed E-state index contributed by atoms with van der Waals surface area (Å²) < 4.78 is 14.5. The Bertz CT molecular complexity index is 510.